The van der Waals surface area contributed by atoms with Crippen molar-refractivity contribution in [3.63, 3.8) is 0 Å². The van der Waals surface area contributed by atoms with Gasteiger partial charge >= 0.3 is 0 Å². The lowest BCUT2D eigenvalue weighted by Gasteiger charge is -2.46. The molecule has 5 heteroatoms. The zero-order valence-electron chi connectivity index (χ0n) is 14.7. The highest BCUT2D eigenvalue weighted by Gasteiger charge is 2.46. The summed E-state index contributed by atoms with van der Waals surface area (Å²) < 4.78 is 0. The van der Waals surface area contributed by atoms with Crippen LogP contribution < -0.4 is 10.6 Å². The summed E-state index contributed by atoms with van der Waals surface area (Å²) in [7, 11) is 0. The second kappa shape index (κ2) is 6.19. The van der Waals surface area contributed by atoms with Gasteiger partial charge in [-0.2, -0.15) is 0 Å². The first-order chi connectivity index (χ1) is 11.1. The Morgan fingerprint density at radius 3 is 2.38 bits per heavy atom. The van der Waals surface area contributed by atoms with Crippen LogP contribution in [0, 0.1) is 5.92 Å². The molecule has 1 aromatic rings. The third kappa shape index (κ3) is 4.07. The van der Waals surface area contributed by atoms with E-state index in [-0.39, 0.29) is 34.9 Å². The Morgan fingerprint density at radius 1 is 1.17 bits per heavy atom. The van der Waals surface area contributed by atoms with Crippen molar-refractivity contribution < 1.29 is 4.79 Å². The number of amides is 1. The van der Waals surface area contributed by atoms with Crippen molar-refractivity contribution in [2.24, 2.45) is 5.92 Å². The molecule has 0 aromatic heterocycles. The molecule has 2 atom stereocenters. The predicted octanol–water partition coefficient (Wildman–Crippen LogP) is 4.52. The second-order valence-electron chi connectivity index (χ2n) is 8.62. The van der Waals surface area contributed by atoms with Crippen molar-refractivity contribution >= 4 is 29.1 Å². The van der Waals surface area contributed by atoms with Crippen molar-refractivity contribution in [3.05, 3.63) is 33.8 Å². The molecule has 24 heavy (non-hydrogen) atoms. The van der Waals surface area contributed by atoms with Crippen LogP contribution in [0.15, 0.2) is 18.2 Å². The maximum absolute atomic E-state index is 12.7. The minimum Gasteiger partial charge on any atom is -0.353 e. The Hall–Kier alpha value is -0.770. The largest absolute Gasteiger partial charge is 0.353 e. The van der Waals surface area contributed by atoms with E-state index >= 15 is 0 Å². The van der Waals surface area contributed by atoms with Crippen LogP contribution in [0.2, 0.25) is 10.0 Å². The van der Waals surface area contributed by atoms with Crippen LogP contribution in [0.4, 0.5) is 0 Å². The van der Waals surface area contributed by atoms with Gasteiger partial charge in [-0.1, -0.05) is 29.3 Å². The van der Waals surface area contributed by atoms with E-state index in [0.717, 1.165) is 24.8 Å². The summed E-state index contributed by atoms with van der Waals surface area (Å²) >= 11 is 12.2. The number of benzene rings is 1. The zero-order valence-corrected chi connectivity index (χ0v) is 16.3. The normalized spacial score (nSPS) is 28.4. The number of hydrogen-bond acceptors (Lipinski definition) is 2. The average Bonchev–Trinajstić information content (AvgIpc) is 3.14. The standard InChI is InChI=1S/C19H26Cl2N2O/c1-18(2)9-12(10-19(3,4)23-18)22-17(24)15-8-14(15)13-6-5-11(20)7-16(13)21/h5-7,12,14-15,23H,8-10H2,1-4H3,(H,22,24). The molecule has 3 rings (SSSR count). The predicted molar refractivity (Wildman–Crippen MR) is 99.8 cm³/mol. The molecule has 1 saturated carbocycles. The van der Waals surface area contributed by atoms with Crippen molar-refractivity contribution in [1.29, 1.82) is 0 Å². The Balaban J connectivity index is 1.62. The van der Waals surface area contributed by atoms with Gasteiger partial charge in [-0.15, -0.1) is 0 Å². The Bertz CT molecular complexity index is 641. The number of carbonyl (C=O) groups is 1. The maximum atomic E-state index is 12.7. The molecule has 2 aliphatic rings. The molecular formula is C19H26Cl2N2O. The molecule has 3 nitrogen and oxygen atoms in total. The summed E-state index contributed by atoms with van der Waals surface area (Å²) in [5, 5.41) is 8.21. The van der Waals surface area contributed by atoms with Crippen molar-refractivity contribution in [1.82, 2.24) is 10.6 Å². The highest BCUT2D eigenvalue weighted by Crippen LogP contribution is 2.50. The summed E-state index contributed by atoms with van der Waals surface area (Å²) in [6.45, 7) is 8.78. The molecule has 0 bridgehead atoms. The Labute approximate surface area is 154 Å². The number of rotatable bonds is 3. The molecule has 1 saturated heterocycles. The van der Waals surface area contributed by atoms with Gasteiger partial charge in [0.05, 0.1) is 0 Å². The topological polar surface area (TPSA) is 41.1 Å². The van der Waals surface area contributed by atoms with Crippen LogP contribution in [0.3, 0.4) is 0 Å². The van der Waals surface area contributed by atoms with Gasteiger partial charge < -0.3 is 10.6 Å². The number of carbonyl (C=O) groups excluding carboxylic acids is 1. The highest BCUT2D eigenvalue weighted by molar-refractivity contribution is 6.35. The van der Waals surface area contributed by atoms with E-state index in [1.54, 1.807) is 6.07 Å². The van der Waals surface area contributed by atoms with Crippen LogP contribution in [0.1, 0.15) is 58.4 Å². The third-order valence-electron chi connectivity index (χ3n) is 5.03. The molecule has 1 heterocycles. The van der Waals surface area contributed by atoms with E-state index in [1.165, 1.54) is 0 Å². The number of piperidine rings is 1. The van der Waals surface area contributed by atoms with E-state index in [9.17, 15) is 4.79 Å². The fraction of sp³-hybridized carbons (Fsp3) is 0.632. The first kappa shape index (κ1) is 18.0. The van der Waals surface area contributed by atoms with Crippen molar-refractivity contribution in [3.8, 4) is 0 Å². The number of nitrogens with one attached hydrogen (secondary N) is 2. The van der Waals surface area contributed by atoms with Crippen molar-refractivity contribution in [2.75, 3.05) is 0 Å². The molecule has 0 spiro atoms. The Kier molecular flexibility index (Phi) is 4.65. The average molecular weight is 369 g/mol. The molecule has 1 aliphatic heterocycles. The third-order valence-corrected chi connectivity index (χ3v) is 5.59. The van der Waals surface area contributed by atoms with Gasteiger partial charge in [0, 0.05) is 33.1 Å². The first-order valence-corrected chi connectivity index (χ1v) is 9.37. The van der Waals surface area contributed by atoms with Crippen LogP contribution in [0.25, 0.3) is 0 Å². The molecule has 2 unspecified atom stereocenters. The van der Waals surface area contributed by atoms with Gasteiger partial charge in [0.25, 0.3) is 0 Å². The van der Waals surface area contributed by atoms with E-state index < -0.39 is 0 Å². The monoisotopic (exact) mass is 368 g/mol. The van der Waals surface area contributed by atoms with Crippen LogP contribution >= 0.6 is 23.2 Å². The van der Waals surface area contributed by atoms with Gasteiger partial charge in [0.15, 0.2) is 0 Å². The van der Waals surface area contributed by atoms with E-state index in [4.69, 9.17) is 23.2 Å². The van der Waals surface area contributed by atoms with Crippen LogP contribution in [-0.4, -0.2) is 23.0 Å². The first-order valence-electron chi connectivity index (χ1n) is 8.61. The SMILES string of the molecule is CC1(C)CC(NC(=O)C2CC2c2ccc(Cl)cc2Cl)CC(C)(C)N1. The lowest BCUT2D eigenvalue weighted by molar-refractivity contribution is -0.123. The second-order valence-corrected chi connectivity index (χ2v) is 9.46. The van der Waals surface area contributed by atoms with Gasteiger partial charge in [-0.05, 0) is 70.6 Å². The Morgan fingerprint density at radius 2 is 1.79 bits per heavy atom. The van der Waals surface area contributed by atoms with Crippen LogP contribution in [0.5, 0.6) is 0 Å². The van der Waals surface area contributed by atoms with Gasteiger partial charge in [0.1, 0.15) is 0 Å². The summed E-state index contributed by atoms with van der Waals surface area (Å²) in [5.74, 6) is 0.409. The lowest BCUT2D eigenvalue weighted by atomic mass is 9.79. The van der Waals surface area contributed by atoms with Crippen molar-refractivity contribution in [2.45, 2.75) is 70.0 Å². The van der Waals surface area contributed by atoms with Gasteiger partial charge in [0.2, 0.25) is 5.91 Å². The molecule has 1 aliphatic carbocycles. The van der Waals surface area contributed by atoms with E-state index in [0.29, 0.717) is 10.0 Å². The summed E-state index contributed by atoms with van der Waals surface area (Å²) in [6, 6.07) is 5.75. The number of hydrogen-bond donors (Lipinski definition) is 2. The molecule has 132 valence electrons. The highest BCUT2D eigenvalue weighted by atomic mass is 35.5. The quantitative estimate of drug-likeness (QED) is 0.822. The maximum Gasteiger partial charge on any atom is 0.223 e. The molecule has 2 fully saturated rings. The van der Waals surface area contributed by atoms with Crippen LogP contribution in [-0.2, 0) is 4.79 Å². The molecule has 2 N–H and O–H groups in total. The van der Waals surface area contributed by atoms with Gasteiger partial charge in [-0.25, -0.2) is 0 Å². The number of halogens is 2. The summed E-state index contributed by atoms with van der Waals surface area (Å²) in [4.78, 5) is 12.7. The molecule has 0 radical (unpaired) electrons. The molecule has 1 aromatic carbocycles. The summed E-state index contributed by atoms with van der Waals surface area (Å²) in [6.07, 6.45) is 2.76. The minimum absolute atomic E-state index is 0.0299. The molecular weight excluding hydrogens is 343 g/mol. The molecule has 1 amide bonds. The fourth-order valence-electron chi connectivity index (χ4n) is 4.36. The smallest absolute Gasteiger partial charge is 0.223 e. The van der Waals surface area contributed by atoms with Gasteiger partial charge in [-0.3, -0.25) is 4.79 Å². The minimum atomic E-state index is 0.0299. The lowest BCUT2D eigenvalue weighted by Crippen LogP contribution is -2.62. The van der Waals surface area contributed by atoms with E-state index in [1.807, 2.05) is 12.1 Å². The zero-order chi connectivity index (χ0) is 17.7. The van der Waals surface area contributed by atoms with E-state index in [2.05, 4.69) is 38.3 Å². The summed E-state index contributed by atoms with van der Waals surface area (Å²) in [5.41, 5.74) is 1.09. The fourth-order valence-corrected chi connectivity index (χ4v) is 4.91.